The first kappa shape index (κ1) is 14.1. The number of hydrogen-bond acceptors (Lipinski definition) is 2. The molecule has 2 nitrogen and oxygen atoms in total. The van der Waals surface area contributed by atoms with Crippen molar-refractivity contribution in [2.24, 2.45) is 5.41 Å². The third-order valence-corrected chi connectivity index (χ3v) is 5.36. The average molecular weight is 272 g/mol. The minimum Gasteiger partial charge on any atom is -0.311 e. The van der Waals surface area contributed by atoms with Gasteiger partial charge in [-0.1, -0.05) is 43.2 Å². The summed E-state index contributed by atoms with van der Waals surface area (Å²) in [5, 5.41) is 3.57. The van der Waals surface area contributed by atoms with Crippen LogP contribution in [0.25, 0.3) is 0 Å². The van der Waals surface area contributed by atoms with E-state index in [1.807, 2.05) is 0 Å². The molecule has 1 aromatic rings. The molecule has 1 saturated carbocycles. The molecule has 2 aliphatic rings. The summed E-state index contributed by atoms with van der Waals surface area (Å²) in [5.74, 6) is 0. The topological polar surface area (TPSA) is 15.3 Å². The van der Waals surface area contributed by atoms with Gasteiger partial charge in [-0.05, 0) is 49.8 Å². The SMILES string of the molecule is c1ccc(CNCCN2CCC3(CCCC3)CC2)cc1. The maximum Gasteiger partial charge on any atom is 0.0206 e. The summed E-state index contributed by atoms with van der Waals surface area (Å²) in [6, 6.07) is 10.7. The molecule has 1 spiro atoms. The quantitative estimate of drug-likeness (QED) is 0.826. The number of benzene rings is 1. The summed E-state index contributed by atoms with van der Waals surface area (Å²) in [4.78, 5) is 2.65. The van der Waals surface area contributed by atoms with Crippen LogP contribution < -0.4 is 5.32 Å². The number of likely N-dealkylation sites (tertiary alicyclic amines) is 1. The minimum absolute atomic E-state index is 0.758. The molecule has 0 radical (unpaired) electrons. The van der Waals surface area contributed by atoms with Gasteiger partial charge in [0.25, 0.3) is 0 Å². The molecule has 110 valence electrons. The predicted molar refractivity (Wildman–Crippen MR) is 84.7 cm³/mol. The van der Waals surface area contributed by atoms with Crippen LogP contribution in [0.2, 0.25) is 0 Å². The molecule has 0 atom stereocenters. The third-order valence-electron chi connectivity index (χ3n) is 5.36. The third kappa shape index (κ3) is 3.62. The molecule has 1 aliphatic heterocycles. The Bertz CT molecular complexity index is 385. The number of piperidine rings is 1. The second kappa shape index (κ2) is 6.73. The van der Waals surface area contributed by atoms with E-state index in [2.05, 4.69) is 40.5 Å². The molecule has 0 bridgehead atoms. The maximum atomic E-state index is 3.57. The van der Waals surface area contributed by atoms with Gasteiger partial charge in [0.05, 0.1) is 0 Å². The van der Waals surface area contributed by atoms with Gasteiger partial charge in [0.15, 0.2) is 0 Å². The van der Waals surface area contributed by atoms with Crippen LogP contribution in [0.3, 0.4) is 0 Å². The Labute approximate surface area is 123 Å². The standard InChI is InChI=1S/C18H28N2/c1-2-6-17(7-3-1)16-19-12-15-20-13-10-18(11-14-20)8-4-5-9-18/h1-3,6-7,19H,4-5,8-16H2. The highest BCUT2D eigenvalue weighted by atomic mass is 15.1. The fourth-order valence-electron chi connectivity index (χ4n) is 3.94. The molecular weight excluding hydrogens is 244 g/mol. The van der Waals surface area contributed by atoms with E-state index in [4.69, 9.17) is 0 Å². The van der Waals surface area contributed by atoms with E-state index in [1.165, 1.54) is 63.7 Å². The van der Waals surface area contributed by atoms with Crippen LogP contribution in [0, 0.1) is 5.41 Å². The zero-order chi connectivity index (χ0) is 13.7. The number of nitrogens with zero attached hydrogens (tertiary/aromatic N) is 1. The molecule has 0 unspecified atom stereocenters. The van der Waals surface area contributed by atoms with E-state index in [-0.39, 0.29) is 0 Å². The lowest BCUT2D eigenvalue weighted by Gasteiger charge is -2.39. The van der Waals surface area contributed by atoms with Crippen molar-refractivity contribution in [1.29, 1.82) is 0 Å². The number of hydrogen-bond donors (Lipinski definition) is 1. The largest absolute Gasteiger partial charge is 0.311 e. The Morgan fingerprint density at radius 2 is 1.65 bits per heavy atom. The number of rotatable bonds is 5. The van der Waals surface area contributed by atoms with Crippen LogP contribution in [-0.2, 0) is 6.54 Å². The molecule has 2 fully saturated rings. The van der Waals surface area contributed by atoms with Crippen molar-refractivity contribution in [1.82, 2.24) is 10.2 Å². The zero-order valence-corrected chi connectivity index (χ0v) is 12.6. The molecule has 1 saturated heterocycles. The second-order valence-electron chi connectivity index (χ2n) is 6.71. The highest BCUT2D eigenvalue weighted by molar-refractivity contribution is 5.14. The molecule has 1 aliphatic carbocycles. The molecule has 1 heterocycles. The van der Waals surface area contributed by atoms with Crippen LogP contribution in [0.5, 0.6) is 0 Å². The molecule has 20 heavy (non-hydrogen) atoms. The first-order valence-corrected chi connectivity index (χ1v) is 8.33. The highest BCUT2D eigenvalue weighted by Crippen LogP contribution is 2.45. The molecule has 1 aromatic carbocycles. The Hall–Kier alpha value is -0.860. The van der Waals surface area contributed by atoms with Crippen molar-refractivity contribution in [3.63, 3.8) is 0 Å². The molecule has 3 rings (SSSR count). The first-order chi connectivity index (χ1) is 9.86. The van der Waals surface area contributed by atoms with E-state index in [9.17, 15) is 0 Å². The van der Waals surface area contributed by atoms with Gasteiger partial charge in [0.2, 0.25) is 0 Å². The second-order valence-corrected chi connectivity index (χ2v) is 6.71. The summed E-state index contributed by atoms with van der Waals surface area (Å²) in [7, 11) is 0. The smallest absolute Gasteiger partial charge is 0.0206 e. The van der Waals surface area contributed by atoms with Crippen molar-refractivity contribution < 1.29 is 0 Å². The van der Waals surface area contributed by atoms with Gasteiger partial charge < -0.3 is 10.2 Å². The van der Waals surface area contributed by atoms with Crippen LogP contribution in [-0.4, -0.2) is 31.1 Å². The van der Waals surface area contributed by atoms with Crippen LogP contribution in [0.1, 0.15) is 44.1 Å². The molecule has 0 amide bonds. The van der Waals surface area contributed by atoms with Crippen molar-refractivity contribution >= 4 is 0 Å². The Morgan fingerprint density at radius 3 is 2.35 bits per heavy atom. The Kier molecular flexibility index (Phi) is 4.74. The summed E-state index contributed by atoms with van der Waals surface area (Å²) < 4.78 is 0. The summed E-state index contributed by atoms with van der Waals surface area (Å²) in [5.41, 5.74) is 2.14. The average Bonchev–Trinajstić information content (AvgIpc) is 2.95. The lowest BCUT2D eigenvalue weighted by atomic mass is 9.77. The van der Waals surface area contributed by atoms with Gasteiger partial charge in [-0.15, -0.1) is 0 Å². The van der Waals surface area contributed by atoms with Gasteiger partial charge in [0.1, 0.15) is 0 Å². The predicted octanol–water partition coefficient (Wildman–Crippen LogP) is 3.43. The summed E-state index contributed by atoms with van der Waals surface area (Å²) >= 11 is 0. The Balaban J connectivity index is 1.32. The van der Waals surface area contributed by atoms with Crippen molar-refractivity contribution in [2.75, 3.05) is 26.2 Å². The van der Waals surface area contributed by atoms with Crippen LogP contribution in [0.4, 0.5) is 0 Å². The van der Waals surface area contributed by atoms with E-state index in [0.717, 1.165) is 18.5 Å². The highest BCUT2D eigenvalue weighted by Gasteiger charge is 2.36. The van der Waals surface area contributed by atoms with E-state index < -0.39 is 0 Å². The minimum atomic E-state index is 0.758. The van der Waals surface area contributed by atoms with E-state index in [1.54, 1.807) is 0 Å². The van der Waals surface area contributed by atoms with Crippen molar-refractivity contribution in [2.45, 2.75) is 45.1 Å². The fraction of sp³-hybridized carbons (Fsp3) is 0.667. The molecule has 1 N–H and O–H groups in total. The van der Waals surface area contributed by atoms with Gasteiger partial charge in [-0.25, -0.2) is 0 Å². The van der Waals surface area contributed by atoms with Gasteiger partial charge >= 0.3 is 0 Å². The van der Waals surface area contributed by atoms with Gasteiger partial charge in [-0.2, -0.15) is 0 Å². The zero-order valence-electron chi connectivity index (χ0n) is 12.6. The fourth-order valence-corrected chi connectivity index (χ4v) is 3.94. The van der Waals surface area contributed by atoms with Crippen molar-refractivity contribution in [3.05, 3.63) is 35.9 Å². The summed E-state index contributed by atoms with van der Waals surface area (Å²) in [6.07, 6.45) is 8.88. The normalized spacial score (nSPS) is 22.4. The molecular formula is C18H28N2. The van der Waals surface area contributed by atoms with Gasteiger partial charge in [-0.3, -0.25) is 0 Å². The Morgan fingerprint density at radius 1 is 0.950 bits per heavy atom. The van der Waals surface area contributed by atoms with Crippen molar-refractivity contribution in [3.8, 4) is 0 Å². The molecule has 2 heteroatoms. The monoisotopic (exact) mass is 272 g/mol. The van der Waals surface area contributed by atoms with Crippen LogP contribution >= 0.6 is 0 Å². The van der Waals surface area contributed by atoms with Gasteiger partial charge in [0, 0.05) is 19.6 Å². The van der Waals surface area contributed by atoms with E-state index >= 15 is 0 Å². The summed E-state index contributed by atoms with van der Waals surface area (Å²) in [6.45, 7) is 5.98. The first-order valence-electron chi connectivity index (χ1n) is 8.33. The molecule has 0 aromatic heterocycles. The van der Waals surface area contributed by atoms with Crippen LogP contribution in [0.15, 0.2) is 30.3 Å². The maximum absolute atomic E-state index is 3.57. The van der Waals surface area contributed by atoms with E-state index in [0.29, 0.717) is 0 Å². The number of nitrogens with one attached hydrogen (secondary N) is 1. The lowest BCUT2D eigenvalue weighted by Crippen LogP contribution is -2.41. The lowest BCUT2D eigenvalue weighted by molar-refractivity contribution is 0.109.